The van der Waals surface area contributed by atoms with Crippen molar-refractivity contribution in [3.63, 3.8) is 0 Å². The minimum absolute atomic E-state index is 0.119. The fourth-order valence-electron chi connectivity index (χ4n) is 2.88. The summed E-state index contributed by atoms with van der Waals surface area (Å²) in [6, 6.07) is 13.4. The third-order valence-electron chi connectivity index (χ3n) is 4.58. The maximum Gasteiger partial charge on any atom is 0.287 e. The Morgan fingerprint density at radius 1 is 1.13 bits per heavy atom. The van der Waals surface area contributed by atoms with E-state index in [4.69, 9.17) is 9.47 Å². The molecule has 7 heteroatoms. The highest BCUT2D eigenvalue weighted by atomic mass is 32.2. The van der Waals surface area contributed by atoms with Crippen molar-refractivity contribution in [1.82, 2.24) is 9.55 Å². The van der Waals surface area contributed by atoms with Crippen LogP contribution in [-0.4, -0.2) is 34.0 Å². The van der Waals surface area contributed by atoms with Crippen molar-refractivity contribution >= 4 is 11.8 Å². The molecule has 0 atom stereocenters. The molecule has 6 nitrogen and oxygen atoms in total. The Bertz CT molecular complexity index is 1090. The van der Waals surface area contributed by atoms with Gasteiger partial charge in [-0.3, -0.25) is 9.36 Å². The summed E-state index contributed by atoms with van der Waals surface area (Å²) >= 11 is 1.34. The topological polar surface area (TPSA) is 73.6 Å². The summed E-state index contributed by atoms with van der Waals surface area (Å²) in [6.45, 7) is 7.75. The Balaban J connectivity index is 1.87. The molecule has 0 unspecified atom stereocenters. The van der Waals surface area contributed by atoms with E-state index in [1.54, 1.807) is 44.4 Å². The predicted molar refractivity (Wildman–Crippen MR) is 123 cm³/mol. The third-order valence-corrected chi connectivity index (χ3v) is 5.56. The van der Waals surface area contributed by atoms with Gasteiger partial charge in [-0.15, -0.1) is 0 Å². The summed E-state index contributed by atoms with van der Waals surface area (Å²) in [5, 5.41) is 10.3. The van der Waals surface area contributed by atoms with E-state index >= 15 is 0 Å². The van der Waals surface area contributed by atoms with Crippen LogP contribution in [0.2, 0.25) is 0 Å². The largest absolute Gasteiger partial charge is 0.493 e. The molecule has 3 rings (SSSR count). The molecule has 0 bridgehead atoms. The second-order valence-corrected chi connectivity index (χ2v) is 9.23. The van der Waals surface area contributed by atoms with Crippen LogP contribution in [0, 0.1) is 0 Å². The Kier molecular flexibility index (Phi) is 7.08. The summed E-state index contributed by atoms with van der Waals surface area (Å²) in [5.74, 6) is 1.43. The minimum Gasteiger partial charge on any atom is -0.493 e. The van der Waals surface area contributed by atoms with Crippen LogP contribution < -0.4 is 15.0 Å². The lowest BCUT2D eigenvalue weighted by atomic mass is 10.0. The van der Waals surface area contributed by atoms with E-state index in [-0.39, 0.29) is 12.2 Å². The maximum absolute atomic E-state index is 13.1. The van der Waals surface area contributed by atoms with Crippen LogP contribution in [0.15, 0.2) is 69.6 Å². The number of methoxy groups -OCH3 is 1. The number of benzene rings is 2. The molecule has 31 heavy (non-hydrogen) atoms. The van der Waals surface area contributed by atoms with E-state index in [2.05, 4.69) is 31.0 Å². The van der Waals surface area contributed by atoms with Gasteiger partial charge in [-0.25, -0.2) is 4.98 Å². The van der Waals surface area contributed by atoms with Crippen molar-refractivity contribution in [2.24, 2.45) is 0 Å². The van der Waals surface area contributed by atoms with E-state index in [1.807, 2.05) is 12.1 Å². The van der Waals surface area contributed by atoms with Gasteiger partial charge in [-0.1, -0.05) is 37.7 Å². The van der Waals surface area contributed by atoms with Gasteiger partial charge in [0.1, 0.15) is 6.61 Å². The number of aliphatic hydroxyl groups is 1. The first-order chi connectivity index (χ1) is 14.7. The van der Waals surface area contributed by atoms with Gasteiger partial charge in [0, 0.05) is 23.4 Å². The van der Waals surface area contributed by atoms with Crippen molar-refractivity contribution in [3.05, 3.63) is 70.8 Å². The van der Waals surface area contributed by atoms with Crippen LogP contribution in [0.5, 0.6) is 11.5 Å². The van der Waals surface area contributed by atoms with Gasteiger partial charge in [0.25, 0.3) is 5.56 Å². The molecule has 0 aliphatic rings. The molecule has 1 heterocycles. The number of hydrogen-bond acceptors (Lipinski definition) is 6. The molecule has 0 fully saturated rings. The molecule has 2 aromatic carbocycles. The zero-order valence-corrected chi connectivity index (χ0v) is 19.3. The average molecular weight is 441 g/mol. The standard InChI is InChI=1S/C24H28N2O4S/c1-16(2)17-6-9-19(10-7-17)31-22-23(27)26(13-12-25-22)18-8-11-20(21(14-18)29-5)30-15-24(3,4)28/h6-14,16,28H,15H2,1-5H3. The molecular formula is C24H28N2O4S. The molecule has 0 amide bonds. The van der Waals surface area contributed by atoms with Crippen molar-refractivity contribution in [3.8, 4) is 17.2 Å². The van der Waals surface area contributed by atoms with Crippen LogP contribution in [0.3, 0.4) is 0 Å². The Morgan fingerprint density at radius 2 is 1.84 bits per heavy atom. The van der Waals surface area contributed by atoms with Gasteiger partial charge >= 0.3 is 0 Å². The second-order valence-electron chi connectivity index (χ2n) is 8.17. The monoisotopic (exact) mass is 440 g/mol. The van der Waals surface area contributed by atoms with Crippen molar-refractivity contribution < 1.29 is 14.6 Å². The summed E-state index contributed by atoms with van der Waals surface area (Å²) in [7, 11) is 1.54. The zero-order valence-electron chi connectivity index (χ0n) is 18.5. The molecule has 0 aliphatic heterocycles. The van der Waals surface area contributed by atoms with Gasteiger partial charge < -0.3 is 14.6 Å². The first-order valence-electron chi connectivity index (χ1n) is 10.1. The smallest absolute Gasteiger partial charge is 0.287 e. The lowest BCUT2D eigenvalue weighted by molar-refractivity contribution is 0.0276. The number of aromatic nitrogens is 2. The van der Waals surface area contributed by atoms with E-state index in [0.717, 1.165) is 4.90 Å². The molecule has 164 valence electrons. The van der Waals surface area contributed by atoms with Crippen LogP contribution in [0.1, 0.15) is 39.2 Å². The summed E-state index contributed by atoms with van der Waals surface area (Å²) < 4.78 is 12.6. The molecule has 0 radical (unpaired) electrons. The van der Waals surface area contributed by atoms with E-state index in [9.17, 15) is 9.90 Å². The minimum atomic E-state index is -0.967. The molecule has 0 saturated carbocycles. The third kappa shape index (κ3) is 5.89. The van der Waals surface area contributed by atoms with Crippen LogP contribution in [-0.2, 0) is 0 Å². The van der Waals surface area contributed by atoms with Gasteiger partial charge in [-0.2, -0.15) is 0 Å². The fourth-order valence-corrected chi connectivity index (χ4v) is 3.67. The molecule has 1 N–H and O–H groups in total. The van der Waals surface area contributed by atoms with Gasteiger partial charge in [0.05, 0.1) is 18.4 Å². The van der Waals surface area contributed by atoms with Crippen LogP contribution in [0.4, 0.5) is 0 Å². The van der Waals surface area contributed by atoms with Crippen molar-refractivity contribution in [1.29, 1.82) is 0 Å². The fraction of sp³-hybridized carbons (Fsp3) is 0.333. The molecule has 0 spiro atoms. The van der Waals surface area contributed by atoms with E-state index in [0.29, 0.717) is 28.1 Å². The lowest BCUT2D eigenvalue weighted by Crippen LogP contribution is -2.28. The normalized spacial score (nSPS) is 11.6. The summed E-state index contributed by atoms with van der Waals surface area (Å²) in [5.41, 5.74) is 0.705. The molecular weight excluding hydrogens is 412 g/mol. The highest BCUT2D eigenvalue weighted by molar-refractivity contribution is 7.99. The Hall–Kier alpha value is -2.77. The molecule has 3 aromatic rings. The average Bonchev–Trinajstić information content (AvgIpc) is 2.73. The van der Waals surface area contributed by atoms with Crippen LogP contribution in [0.25, 0.3) is 5.69 Å². The van der Waals surface area contributed by atoms with Crippen molar-refractivity contribution in [2.45, 2.75) is 49.1 Å². The van der Waals surface area contributed by atoms with E-state index < -0.39 is 5.60 Å². The van der Waals surface area contributed by atoms with Gasteiger partial charge in [-0.05, 0) is 49.6 Å². The zero-order chi connectivity index (χ0) is 22.6. The second kappa shape index (κ2) is 9.58. The summed E-state index contributed by atoms with van der Waals surface area (Å²) in [4.78, 5) is 18.3. The number of rotatable bonds is 8. The predicted octanol–water partition coefficient (Wildman–Crippen LogP) is 4.67. The lowest BCUT2D eigenvalue weighted by Gasteiger charge is -2.19. The SMILES string of the molecule is COc1cc(-n2ccnc(Sc3ccc(C(C)C)cc3)c2=O)ccc1OCC(C)(C)O. The summed E-state index contributed by atoms with van der Waals surface area (Å²) in [6.07, 6.45) is 3.23. The number of nitrogens with zero attached hydrogens (tertiary/aromatic N) is 2. The Morgan fingerprint density at radius 3 is 2.45 bits per heavy atom. The first kappa shape index (κ1) is 22.9. The molecule has 1 aromatic heterocycles. The highest BCUT2D eigenvalue weighted by Gasteiger charge is 2.16. The first-order valence-corrected chi connectivity index (χ1v) is 10.9. The molecule has 0 aliphatic carbocycles. The van der Waals surface area contributed by atoms with E-state index in [1.165, 1.54) is 29.0 Å². The number of ether oxygens (including phenoxy) is 2. The molecule has 0 saturated heterocycles. The van der Waals surface area contributed by atoms with Gasteiger partial charge in [0.15, 0.2) is 16.5 Å². The highest BCUT2D eigenvalue weighted by Crippen LogP contribution is 2.30. The maximum atomic E-state index is 13.1. The van der Waals surface area contributed by atoms with Crippen LogP contribution >= 0.6 is 11.8 Å². The number of hydrogen-bond donors (Lipinski definition) is 1. The quantitative estimate of drug-likeness (QED) is 0.549. The van der Waals surface area contributed by atoms with Crippen molar-refractivity contribution in [2.75, 3.05) is 13.7 Å². The van der Waals surface area contributed by atoms with Gasteiger partial charge in [0.2, 0.25) is 0 Å². The Labute approximate surface area is 186 Å².